The monoisotopic (exact) mass is 402 g/mol. The number of amides is 1. The molecule has 8 nitrogen and oxygen atoms in total. The Morgan fingerprint density at radius 3 is 2.37 bits per heavy atom. The van der Waals surface area contributed by atoms with Crippen molar-refractivity contribution in [2.24, 2.45) is 0 Å². The summed E-state index contributed by atoms with van der Waals surface area (Å²) in [6.45, 7) is 6.47. The number of alkyl carbamates (subject to hydrolysis) is 1. The van der Waals surface area contributed by atoms with Gasteiger partial charge in [-0.3, -0.25) is 0 Å². The Kier molecular flexibility index (Phi) is 7.46. The van der Waals surface area contributed by atoms with Crippen LogP contribution in [0.25, 0.3) is 0 Å². The molecule has 1 aromatic carbocycles. The van der Waals surface area contributed by atoms with E-state index in [9.17, 15) is 23.9 Å². The van der Waals surface area contributed by atoms with Gasteiger partial charge in [-0.1, -0.05) is 6.92 Å². The van der Waals surface area contributed by atoms with Crippen molar-refractivity contribution in [2.45, 2.75) is 49.5 Å². The van der Waals surface area contributed by atoms with Crippen molar-refractivity contribution in [3.63, 3.8) is 0 Å². The van der Waals surface area contributed by atoms with Gasteiger partial charge in [-0.15, -0.1) is 11.8 Å². The van der Waals surface area contributed by atoms with Gasteiger partial charge in [-0.2, -0.15) is 0 Å². The molecule has 0 aromatic heterocycles. The fourth-order valence-electron chi connectivity index (χ4n) is 2.02. The number of carboxylic acid groups (broad SMARTS) is 1. The Hall–Kier alpha value is -2.49. The second kappa shape index (κ2) is 8.94. The molecule has 0 radical (unpaired) electrons. The zero-order chi connectivity index (χ0) is 20.9. The lowest BCUT2D eigenvalue weighted by Gasteiger charge is -2.25. The standard InChI is InChI=1S/C17H23FN2O6S/c1-8(13(14(21)22)20-16(24)26-17(2,3)4)27-12-7-10(18)9(6-11(12)19)15(23)25-5/h6-8,13H,19H2,1-5H3,(H,20,24)(H,21,22). The van der Waals surface area contributed by atoms with Crippen LogP contribution in [0.3, 0.4) is 0 Å². The topological polar surface area (TPSA) is 128 Å². The predicted octanol–water partition coefficient (Wildman–Crippen LogP) is 2.65. The van der Waals surface area contributed by atoms with Gasteiger partial charge < -0.3 is 25.6 Å². The number of aliphatic carboxylic acids is 1. The third-order valence-corrected chi connectivity index (χ3v) is 4.48. The molecular formula is C17H23FN2O6S. The number of hydrogen-bond acceptors (Lipinski definition) is 7. The lowest BCUT2D eigenvalue weighted by molar-refractivity contribution is -0.139. The van der Waals surface area contributed by atoms with Gasteiger partial charge in [0.15, 0.2) is 0 Å². The van der Waals surface area contributed by atoms with Crippen molar-refractivity contribution < 1.29 is 33.4 Å². The third-order valence-electron chi connectivity index (χ3n) is 3.23. The van der Waals surface area contributed by atoms with Crippen LogP contribution in [0.5, 0.6) is 0 Å². The van der Waals surface area contributed by atoms with Gasteiger partial charge in [0.2, 0.25) is 0 Å². The molecule has 0 saturated carbocycles. The molecule has 0 aliphatic heterocycles. The molecule has 0 fully saturated rings. The number of anilines is 1. The number of benzene rings is 1. The number of esters is 1. The van der Waals surface area contributed by atoms with Crippen LogP contribution in [0.4, 0.5) is 14.9 Å². The summed E-state index contributed by atoms with van der Waals surface area (Å²) in [5.74, 6) is -3.01. The SMILES string of the molecule is COC(=O)c1cc(N)c(SC(C)C(NC(=O)OC(C)(C)C)C(=O)O)cc1F. The Labute approximate surface area is 160 Å². The predicted molar refractivity (Wildman–Crippen MR) is 98.3 cm³/mol. The summed E-state index contributed by atoms with van der Waals surface area (Å²) < 4.78 is 23.6. The highest BCUT2D eigenvalue weighted by Crippen LogP contribution is 2.32. The van der Waals surface area contributed by atoms with E-state index in [0.29, 0.717) is 0 Å². The fourth-order valence-corrected chi connectivity index (χ4v) is 3.11. The first-order chi connectivity index (χ1) is 12.4. The van der Waals surface area contributed by atoms with Crippen LogP contribution in [-0.4, -0.2) is 47.1 Å². The summed E-state index contributed by atoms with van der Waals surface area (Å²) in [4.78, 5) is 35.1. The lowest BCUT2D eigenvalue weighted by atomic mass is 10.2. The Morgan fingerprint density at radius 1 is 1.30 bits per heavy atom. The molecule has 2 unspecified atom stereocenters. The first kappa shape index (κ1) is 22.6. The smallest absolute Gasteiger partial charge is 0.408 e. The van der Waals surface area contributed by atoms with Crippen LogP contribution in [-0.2, 0) is 14.3 Å². The summed E-state index contributed by atoms with van der Waals surface area (Å²) >= 11 is 0.941. The summed E-state index contributed by atoms with van der Waals surface area (Å²) in [5.41, 5.74) is 4.80. The molecule has 0 heterocycles. The minimum Gasteiger partial charge on any atom is -0.480 e. The molecule has 27 heavy (non-hydrogen) atoms. The van der Waals surface area contributed by atoms with Crippen molar-refractivity contribution in [2.75, 3.05) is 12.8 Å². The maximum atomic E-state index is 14.1. The highest BCUT2D eigenvalue weighted by molar-refractivity contribution is 8.00. The maximum absolute atomic E-state index is 14.1. The molecule has 1 amide bonds. The van der Waals surface area contributed by atoms with Gasteiger partial charge in [0.25, 0.3) is 0 Å². The van der Waals surface area contributed by atoms with Crippen LogP contribution in [0.2, 0.25) is 0 Å². The molecule has 0 aliphatic rings. The Morgan fingerprint density at radius 2 is 1.89 bits per heavy atom. The number of nitrogen functional groups attached to an aromatic ring is 1. The number of nitrogens with two attached hydrogens (primary N) is 1. The van der Waals surface area contributed by atoms with Crippen molar-refractivity contribution in [1.29, 1.82) is 0 Å². The molecule has 10 heteroatoms. The average molecular weight is 402 g/mol. The van der Waals surface area contributed by atoms with E-state index in [1.54, 1.807) is 20.8 Å². The van der Waals surface area contributed by atoms with Gasteiger partial charge in [0, 0.05) is 15.8 Å². The van der Waals surface area contributed by atoms with Gasteiger partial charge in [0.05, 0.1) is 12.7 Å². The number of ether oxygens (including phenoxy) is 2. The largest absolute Gasteiger partial charge is 0.480 e. The molecule has 0 spiro atoms. The van der Waals surface area contributed by atoms with Crippen molar-refractivity contribution in [1.82, 2.24) is 5.32 Å². The fraction of sp³-hybridized carbons (Fsp3) is 0.471. The highest BCUT2D eigenvalue weighted by atomic mass is 32.2. The summed E-state index contributed by atoms with van der Waals surface area (Å²) in [5, 5.41) is 10.9. The average Bonchev–Trinajstić information content (AvgIpc) is 2.52. The number of carboxylic acids is 1. The molecule has 2 atom stereocenters. The molecule has 4 N–H and O–H groups in total. The number of halogens is 1. The summed E-state index contributed by atoms with van der Waals surface area (Å²) in [6.07, 6.45) is -0.887. The second-order valence-electron chi connectivity index (χ2n) is 6.65. The lowest BCUT2D eigenvalue weighted by Crippen LogP contribution is -2.48. The van der Waals surface area contributed by atoms with Crippen LogP contribution in [0, 0.1) is 5.82 Å². The van der Waals surface area contributed by atoms with E-state index in [1.807, 2.05) is 0 Å². The van der Waals surface area contributed by atoms with E-state index in [4.69, 9.17) is 10.5 Å². The number of carbonyl (C=O) groups is 3. The molecular weight excluding hydrogens is 379 g/mol. The van der Waals surface area contributed by atoms with Gasteiger partial charge in [-0.05, 0) is 32.9 Å². The Bertz CT molecular complexity index is 735. The first-order valence-electron chi connectivity index (χ1n) is 7.92. The van der Waals surface area contributed by atoms with E-state index in [0.717, 1.165) is 31.0 Å². The highest BCUT2D eigenvalue weighted by Gasteiger charge is 2.30. The molecule has 150 valence electrons. The van der Waals surface area contributed by atoms with Crippen LogP contribution >= 0.6 is 11.8 Å². The van der Waals surface area contributed by atoms with Crippen molar-refractivity contribution in [3.05, 3.63) is 23.5 Å². The van der Waals surface area contributed by atoms with E-state index in [-0.39, 0.29) is 16.1 Å². The Balaban J connectivity index is 2.98. The van der Waals surface area contributed by atoms with Gasteiger partial charge >= 0.3 is 18.0 Å². The van der Waals surface area contributed by atoms with E-state index in [1.165, 1.54) is 6.92 Å². The van der Waals surface area contributed by atoms with E-state index >= 15 is 0 Å². The molecule has 0 aliphatic carbocycles. The normalized spacial score (nSPS) is 13.4. The third kappa shape index (κ3) is 6.63. The molecule has 0 saturated heterocycles. The molecule has 1 rings (SSSR count). The number of hydrogen-bond donors (Lipinski definition) is 3. The minimum absolute atomic E-state index is 0.0788. The quantitative estimate of drug-likeness (QED) is 0.376. The molecule has 0 bridgehead atoms. The van der Waals surface area contributed by atoms with Gasteiger partial charge in [-0.25, -0.2) is 18.8 Å². The zero-order valence-electron chi connectivity index (χ0n) is 15.7. The van der Waals surface area contributed by atoms with Crippen LogP contribution < -0.4 is 11.1 Å². The first-order valence-corrected chi connectivity index (χ1v) is 8.80. The van der Waals surface area contributed by atoms with Gasteiger partial charge in [0.1, 0.15) is 17.5 Å². The zero-order valence-corrected chi connectivity index (χ0v) is 16.5. The number of carbonyl (C=O) groups excluding carboxylic acids is 2. The molecule has 1 aromatic rings. The summed E-state index contributed by atoms with van der Waals surface area (Å²) in [7, 11) is 1.11. The van der Waals surface area contributed by atoms with Crippen LogP contribution in [0.1, 0.15) is 38.1 Å². The van der Waals surface area contributed by atoms with Crippen LogP contribution in [0.15, 0.2) is 17.0 Å². The second-order valence-corrected chi connectivity index (χ2v) is 8.07. The number of methoxy groups -OCH3 is 1. The van der Waals surface area contributed by atoms with E-state index < -0.39 is 40.7 Å². The number of thioether (sulfide) groups is 1. The summed E-state index contributed by atoms with van der Waals surface area (Å²) in [6, 6.07) is 0.829. The van der Waals surface area contributed by atoms with E-state index in [2.05, 4.69) is 10.1 Å². The number of nitrogens with one attached hydrogen (secondary N) is 1. The number of rotatable bonds is 6. The van der Waals surface area contributed by atoms with Crippen molar-refractivity contribution >= 4 is 35.5 Å². The minimum atomic E-state index is -1.31. The maximum Gasteiger partial charge on any atom is 0.408 e. The van der Waals surface area contributed by atoms with Crippen molar-refractivity contribution in [3.8, 4) is 0 Å².